The third-order valence-corrected chi connectivity index (χ3v) is 3.18. The van der Waals surface area contributed by atoms with Crippen molar-refractivity contribution < 1.29 is 4.79 Å². The number of nitrogens with one attached hydrogen (secondary N) is 1. The second-order valence-corrected chi connectivity index (χ2v) is 4.88. The van der Waals surface area contributed by atoms with E-state index in [2.05, 4.69) is 9.97 Å². The molecule has 0 fully saturated rings. The summed E-state index contributed by atoms with van der Waals surface area (Å²) in [5.41, 5.74) is 3.20. The predicted molar refractivity (Wildman–Crippen MR) is 79.5 cm³/mol. The molecule has 0 saturated carbocycles. The smallest absolute Gasteiger partial charge is 0.271 e. The van der Waals surface area contributed by atoms with Crippen LogP contribution in [0.1, 0.15) is 10.5 Å². The zero-order chi connectivity index (χ0) is 14.1. The Morgan fingerprint density at radius 3 is 2.65 bits per heavy atom. The van der Waals surface area contributed by atoms with Gasteiger partial charge < -0.3 is 9.88 Å². The van der Waals surface area contributed by atoms with E-state index in [0.717, 1.165) is 22.3 Å². The van der Waals surface area contributed by atoms with Crippen LogP contribution >= 0.6 is 0 Å². The number of carbonyl (C=O) groups excluding carboxylic acids is 1. The molecule has 0 aliphatic heterocycles. The fraction of sp³-hybridized carbons (Fsp3) is 0.125. The Kier molecular flexibility index (Phi) is 2.99. The molecule has 4 heteroatoms. The molecule has 0 unspecified atom stereocenters. The molecule has 2 heterocycles. The van der Waals surface area contributed by atoms with Gasteiger partial charge >= 0.3 is 0 Å². The number of rotatable bonds is 2. The third kappa shape index (κ3) is 2.16. The summed E-state index contributed by atoms with van der Waals surface area (Å²) in [6.45, 7) is 0. The Morgan fingerprint density at radius 2 is 1.90 bits per heavy atom. The van der Waals surface area contributed by atoms with E-state index in [4.69, 9.17) is 0 Å². The molecule has 0 radical (unpaired) electrons. The second-order valence-electron chi connectivity index (χ2n) is 4.88. The van der Waals surface area contributed by atoms with E-state index < -0.39 is 0 Å². The molecule has 0 saturated heterocycles. The van der Waals surface area contributed by atoms with Crippen molar-refractivity contribution in [3.63, 3.8) is 0 Å². The number of hydrogen-bond donors (Lipinski definition) is 1. The van der Waals surface area contributed by atoms with Gasteiger partial charge in [-0.2, -0.15) is 0 Å². The summed E-state index contributed by atoms with van der Waals surface area (Å²) in [6, 6.07) is 15.6. The minimum atomic E-state index is -0.0945. The van der Waals surface area contributed by atoms with Gasteiger partial charge in [-0.05, 0) is 24.3 Å². The molecule has 0 aliphatic rings. The van der Waals surface area contributed by atoms with Crippen LogP contribution in [-0.2, 0) is 0 Å². The molecule has 0 spiro atoms. The lowest BCUT2D eigenvalue weighted by Crippen LogP contribution is -2.22. The van der Waals surface area contributed by atoms with Crippen LogP contribution in [0.25, 0.3) is 22.3 Å². The molecule has 1 N–H and O–H groups in total. The van der Waals surface area contributed by atoms with Gasteiger partial charge in [0.15, 0.2) is 0 Å². The van der Waals surface area contributed by atoms with E-state index in [1.807, 2.05) is 42.5 Å². The SMILES string of the molecule is CN(C)C(=O)c1cccc(-c2cc3ccccc3[nH]2)n1. The highest BCUT2D eigenvalue weighted by atomic mass is 16.2. The first kappa shape index (κ1) is 12.4. The number of hydrogen-bond acceptors (Lipinski definition) is 2. The summed E-state index contributed by atoms with van der Waals surface area (Å²) in [4.78, 5) is 21.2. The summed E-state index contributed by atoms with van der Waals surface area (Å²) < 4.78 is 0. The lowest BCUT2D eigenvalue weighted by atomic mass is 10.2. The summed E-state index contributed by atoms with van der Waals surface area (Å²) in [6.07, 6.45) is 0. The van der Waals surface area contributed by atoms with E-state index in [0.29, 0.717) is 5.69 Å². The van der Waals surface area contributed by atoms with Gasteiger partial charge in [-0.3, -0.25) is 4.79 Å². The Morgan fingerprint density at radius 1 is 1.10 bits per heavy atom. The van der Waals surface area contributed by atoms with Gasteiger partial charge in [0.2, 0.25) is 0 Å². The minimum Gasteiger partial charge on any atom is -0.353 e. The first-order valence-electron chi connectivity index (χ1n) is 6.42. The quantitative estimate of drug-likeness (QED) is 0.774. The van der Waals surface area contributed by atoms with Crippen molar-refractivity contribution in [2.45, 2.75) is 0 Å². The maximum absolute atomic E-state index is 12.0. The van der Waals surface area contributed by atoms with E-state index in [1.165, 1.54) is 4.90 Å². The molecular weight excluding hydrogens is 250 g/mol. The largest absolute Gasteiger partial charge is 0.353 e. The van der Waals surface area contributed by atoms with Crippen molar-refractivity contribution in [3.05, 3.63) is 54.2 Å². The van der Waals surface area contributed by atoms with Gasteiger partial charge in [-0.25, -0.2) is 4.98 Å². The van der Waals surface area contributed by atoms with Crippen LogP contribution in [0.3, 0.4) is 0 Å². The fourth-order valence-corrected chi connectivity index (χ4v) is 2.14. The van der Waals surface area contributed by atoms with Crippen molar-refractivity contribution in [1.29, 1.82) is 0 Å². The topological polar surface area (TPSA) is 49.0 Å². The van der Waals surface area contributed by atoms with Crippen molar-refractivity contribution in [3.8, 4) is 11.4 Å². The minimum absolute atomic E-state index is 0.0945. The number of aromatic nitrogens is 2. The highest BCUT2D eigenvalue weighted by molar-refractivity contribution is 5.92. The molecule has 20 heavy (non-hydrogen) atoms. The van der Waals surface area contributed by atoms with Crippen LogP contribution in [0.2, 0.25) is 0 Å². The number of carbonyl (C=O) groups is 1. The standard InChI is InChI=1S/C16H15N3O/c1-19(2)16(20)14-9-5-8-13(18-14)15-10-11-6-3-4-7-12(11)17-15/h3-10,17H,1-2H3. The normalized spacial score (nSPS) is 10.7. The maximum atomic E-state index is 12.0. The summed E-state index contributed by atoms with van der Waals surface area (Å²) in [5, 5.41) is 1.13. The molecule has 3 rings (SSSR count). The average molecular weight is 265 g/mol. The summed E-state index contributed by atoms with van der Waals surface area (Å²) in [5.74, 6) is -0.0945. The van der Waals surface area contributed by atoms with Crippen LogP contribution in [0, 0.1) is 0 Å². The Hall–Kier alpha value is -2.62. The lowest BCUT2D eigenvalue weighted by molar-refractivity contribution is 0.0822. The van der Waals surface area contributed by atoms with Gasteiger partial charge in [0, 0.05) is 25.0 Å². The van der Waals surface area contributed by atoms with Crippen LogP contribution in [0.5, 0.6) is 0 Å². The number of aromatic amines is 1. The zero-order valence-corrected chi connectivity index (χ0v) is 11.4. The van der Waals surface area contributed by atoms with Crippen molar-refractivity contribution in [2.75, 3.05) is 14.1 Å². The summed E-state index contributed by atoms with van der Waals surface area (Å²) >= 11 is 0. The molecule has 0 aliphatic carbocycles. The van der Waals surface area contributed by atoms with Crippen LogP contribution < -0.4 is 0 Å². The van der Waals surface area contributed by atoms with Gasteiger partial charge in [0.1, 0.15) is 5.69 Å². The third-order valence-electron chi connectivity index (χ3n) is 3.18. The van der Waals surface area contributed by atoms with Gasteiger partial charge in [0.25, 0.3) is 5.91 Å². The zero-order valence-electron chi connectivity index (χ0n) is 11.4. The van der Waals surface area contributed by atoms with Crippen molar-refractivity contribution >= 4 is 16.8 Å². The van der Waals surface area contributed by atoms with Crippen molar-refractivity contribution in [2.24, 2.45) is 0 Å². The van der Waals surface area contributed by atoms with E-state index in [-0.39, 0.29) is 5.91 Å². The highest BCUT2D eigenvalue weighted by Crippen LogP contribution is 2.22. The number of amides is 1. The Balaban J connectivity index is 2.05. The van der Waals surface area contributed by atoms with E-state index >= 15 is 0 Å². The lowest BCUT2D eigenvalue weighted by Gasteiger charge is -2.09. The second kappa shape index (κ2) is 4.81. The maximum Gasteiger partial charge on any atom is 0.271 e. The number of nitrogens with zero attached hydrogens (tertiary/aromatic N) is 2. The number of fused-ring (bicyclic) bond motifs is 1. The Bertz CT molecular complexity index is 741. The molecule has 2 aromatic heterocycles. The molecular formula is C16H15N3O. The molecule has 0 bridgehead atoms. The molecule has 100 valence electrons. The van der Waals surface area contributed by atoms with E-state index in [9.17, 15) is 4.79 Å². The number of benzene rings is 1. The molecule has 0 atom stereocenters. The molecule has 1 aromatic carbocycles. The van der Waals surface area contributed by atoms with Gasteiger partial charge in [0.05, 0.1) is 11.4 Å². The first-order chi connectivity index (χ1) is 9.65. The van der Waals surface area contributed by atoms with E-state index in [1.54, 1.807) is 20.2 Å². The van der Waals surface area contributed by atoms with Crippen molar-refractivity contribution in [1.82, 2.24) is 14.9 Å². The van der Waals surface area contributed by atoms with Crippen LogP contribution in [0.15, 0.2) is 48.5 Å². The number of pyridine rings is 1. The average Bonchev–Trinajstić information content (AvgIpc) is 2.90. The molecule has 3 aromatic rings. The first-order valence-corrected chi connectivity index (χ1v) is 6.42. The van der Waals surface area contributed by atoms with Gasteiger partial charge in [-0.15, -0.1) is 0 Å². The Labute approximate surface area is 117 Å². The highest BCUT2D eigenvalue weighted by Gasteiger charge is 2.11. The fourth-order valence-electron chi connectivity index (χ4n) is 2.14. The molecule has 1 amide bonds. The predicted octanol–water partition coefficient (Wildman–Crippen LogP) is 2.93. The van der Waals surface area contributed by atoms with Crippen LogP contribution in [0.4, 0.5) is 0 Å². The number of para-hydroxylation sites is 1. The monoisotopic (exact) mass is 265 g/mol. The van der Waals surface area contributed by atoms with Gasteiger partial charge in [-0.1, -0.05) is 24.3 Å². The number of H-pyrrole nitrogens is 1. The molecule has 4 nitrogen and oxygen atoms in total. The van der Waals surface area contributed by atoms with Crippen LogP contribution in [-0.4, -0.2) is 34.9 Å². The summed E-state index contributed by atoms with van der Waals surface area (Å²) in [7, 11) is 3.44.